The molecular weight excluding hydrogens is 284 g/mol. The van der Waals surface area contributed by atoms with Gasteiger partial charge in [-0.05, 0) is 50.0 Å². The minimum atomic E-state index is -0.181. The number of hydrogen-bond acceptors (Lipinski definition) is 3. The molecule has 0 amide bonds. The second-order valence-corrected chi connectivity index (χ2v) is 5.68. The molecule has 1 aliphatic heterocycles. The van der Waals surface area contributed by atoms with E-state index in [-0.39, 0.29) is 5.97 Å². The van der Waals surface area contributed by atoms with Gasteiger partial charge in [-0.1, -0.05) is 18.2 Å². The summed E-state index contributed by atoms with van der Waals surface area (Å²) in [5, 5.41) is 3.99. The number of carbonyl (C=O) groups is 1. The zero-order valence-electron chi connectivity index (χ0n) is 12.6. The first-order chi connectivity index (χ1) is 10.1. The fourth-order valence-corrected chi connectivity index (χ4v) is 2.99. The van der Waals surface area contributed by atoms with Crippen molar-refractivity contribution in [3.05, 3.63) is 29.8 Å². The summed E-state index contributed by atoms with van der Waals surface area (Å²) >= 11 is 5.53. The van der Waals surface area contributed by atoms with Crippen LogP contribution in [0.2, 0.25) is 0 Å². The predicted molar refractivity (Wildman–Crippen MR) is 88.6 cm³/mol. The fraction of sp³-hybridized carbons (Fsp3) is 0.500. The van der Waals surface area contributed by atoms with Crippen molar-refractivity contribution in [1.82, 2.24) is 5.32 Å². The van der Waals surface area contributed by atoms with Gasteiger partial charge in [0.15, 0.2) is 5.11 Å². The van der Waals surface area contributed by atoms with Gasteiger partial charge in [-0.15, -0.1) is 0 Å². The average molecular weight is 306 g/mol. The lowest BCUT2D eigenvalue weighted by atomic mass is 9.97. The van der Waals surface area contributed by atoms with Gasteiger partial charge in [-0.25, -0.2) is 0 Å². The van der Waals surface area contributed by atoms with Crippen LogP contribution < -0.4 is 10.2 Å². The third kappa shape index (κ3) is 3.94. The topological polar surface area (TPSA) is 41.6 Å². The van der Waals surface area contributed by atoms with Gasteiger partial charge in [0.2, 0.25) is 0 Å². The molecule has 0 unspecified atom stereocenters. The molecule has 21 heavy (non-hydrogen) atoms. The van der Waals surface area contributed by atoms with Crippen molar-refractivity contribution in [2.24, 2.45) is 0 Å². The van der Waals surface area contributed by atoms with Gasteiger partial charge in [-0.3, -0.25) is 4.79 Å². The van der Waals surface area contributed by atoms with E-state index in [2.05, 4.69) is 40.1 Å². The Bertz CT molecular complexity index is 519. The number of esters is 1. The molecule has 0 radical (unpaired) electrons. The molecule has 0 bridgehead atoms. The number of para-hydroxylation sites is 1. The second-order valence-electron chi connectivity index (χ2n) is 5.30. The van der Waals surface area contributed by atoms with Gasteiger partial charge in [0.25, 0.3) is 0 Å². The highest BCUT2D eigenvalue weighted by molar-refractivity contribution is 7.80. The van der Waals surface area contributed by atoms with Gasteiger partial charge in [0, 0.05) is 24.7 Å². The summed E-state index contributed by atoms with van der Waals surface area (Å²) < 4.78 is 4.63. The molecule has 0 aromatic heterocycles. The van der Waals surface area contributed by atoms with E-state index >= 15 is 0 Å². The van der Waals surface area contributed by atoms with E-state index < -0.39 is 0 Å². The zero-order valence-corrected chi connectivity index (χ0v) is 13.4. The monoisotopic (exact) mass is 306 g/mol. The molecule has 0 saturated heterocycles. The Balaban J connectivity index is 1.94. The molecule has 0 spiro atoms. The standard InChI is InChI=1S/C16H22N2O2S/c1-12-9-10-13-6-3-4-7-14(13)18(12)16(21)17-11-5-8-15(19)20-2/h3-4,6-7,12H,5,8-11H2,1-2H3,(H,17,21)/t12-/m0/s1. The maximum absolute atomic E-state index is 11.1. The highest BCUT2D eigenvalue weighted by Gasteiger charge is 2.25. The first-order valence-corrected chi connectivity index (χ1v) is 7.76. The Morgan fingerprint density at radius 2 is 2.24 bits per heavy atom. The smallest absolute Gasteiger partial charge is 0.305 e. The molecule has 1 aromatic rings. The molecule has 1 heterocycles. The lowest BCUT2D eigenvalue weighted by molar-refractivity contribution is -0.140. The molecular formula is C16H22N2O2S. The first-order valence-electron chi connectivity index (χ1n) is 7.35. The molecule has 1 N–H and O–H groups in total. The molecule has 114 valence electrons. The van der Waals surface area contributed by atoms with Crippen molar-refractivity contribution in [2.75, 3.05) is 18.6 Å². The van der Waals surface area contributed by atoms with Crippen LogP contribution in [-0.2, 0) is 16.0 Å². The number of thiocarbonyl (C=S) groups is 1. The molecule has 1 aliphatic rings. The van der Waals surface area contributed by atoms with Crippen molar-refractivity contribution < 1.29 is 9.53 Å². The molecule has 5 heteroatoms. The number of fused-ring (bicyclic) bond motifs is 1. The maximum atomic E-state index is 11.1. The maximum Gasteiger partial charge on any atom is 0.305 e. The Labute approximate surface area is 131 Å². The van der Waals surface area contributed by atoms with Crippen LogP contribution in [0.25, 0.3) is 0 Å². The summed E-state index contributed by atoms with van der Waals surface area (Å²) in [6.07, 6.45) is 3.33. The molecule has 2 rings (SSSR count). The van der Waals surface area contributed by atoms with E-state index in [1.54, 1.807) is 0 Å². The molecule has 4 nitrogen and oxygen atoms in total. The van der Waals surface area contributed by atoms with Crippen LogP contribution in [0.5, 0.6) is 0 Å². The third-order valence-corrected chi connectivity index (χ3v) is 4.14. The van der Waals surface area contributed by atoms with Gasteiger partial charge in [-0.2, -0.15) is 0 Å². The van der Waals surface area contributed by atoms with Crippen LogP contribution in [0, 0.1) is 0 Å². The Morgan fingerprint density at radius 3 is 3.00 bits per heavy atom. The Morgan fingerprint density at radius 1 is 1.48 bits per heavy atom. The van der Waals surface area contributed by atoms with Gasteiger partial charge < -0.3 is 15.0 Å². The second kappa shape index (κ2) is 7.41. The summed E-state index contributed by atoms with van der Waals surface area (Å²) in [5.74, 6) is -0.181. The molecule has 0 saturated carbocycles. The highest BCUT2D eigenvalue weighted by Crippen LogP contribution is 2.30. The normalized spacial score (nSPS) is 17.0. The van der Waals surface area contributed by atoms with Gasteiger partial charge in [0.1, 0.15) is 0 Å². The number of aryl methyl sites for hydroxylation is 1. The lowest BCUT2D eigenvalue weighted by Crippen LogP contribution is -2.47. The first kappa shape index (κ1) is 15.8. The van der Waals surface area contributed by atoms with Crippen LogP contribution in [0.3, 0.4) is 0 Å². The van der Waals surface area contributed by atoms with Crippen LogP contribution in [0.1, 0.15) is 31.7 Å². The number of rotatable bonds is 4. The van der Waals surface area contributed by atoms with E-state index in [9.17, 15) is 4.79 Å². The quantitative estimate of drug-likeness (QED) is 0.526. The van der Waals surface area contributed by atoms with Crippen LogP contribution in [-0.4, -0.2) is 30.8 Å². The molecule has 1 aromatic carbocycles. The summed E-state index contributed by atoms with van der Waals surface area (Å²) in [4.78, 5) is 13.3. The lowest BCUT2D eigenvalue weighted by Gasteiger charge is -2.37. The largest absolute Gasteiger partial charge is 0.469 e. The van der Waals surface area contributed by atoms with Crippen molar-refractivity contribution in [1.29, 1.82) is 0 Å². The number of benzene rings is 1. The SMILES string of the molecule is COC(=O)CCCNC(=S)N1c2ccccc2CC[C@@H]1C. The minimum Gasteiger partial charge on any atom is -0.469 e. The highest BCUT2D eigenvalue weighted by atomic mass is 32.1. The van der Waals surface area contributed by atoms with Gasteiger partial charge in [0.05, 0.1) is 7.11 Å². The number of ether oxygens (including phenoxy) is 1. The van der Waals surface area contributed by atoms with E-state index in [4.69, 9.17) is 12.2 Å². The van der Waals surface area contributed by atoms with E-state index in [0.717, 1.165) is 24.4 Å². The van der Waals surface area contributed by atoms with Crippen LogP contribution in [0.4, 0.5) is 5.69 Å². The summed E-state index contributed by atoms with van der Waals surface area (Å²) in [5.41, 5.74) is 2.54. The van der Waals surface area contributed by atoms with Crippen LogP contribution in [0.15, 0.2) is 24.3 Å². The molecule has 0 fully saturated rings. The average Bonchev–Trinajstić information content (AvgIpc) is 2.50. The summed E-state index contributed by atoms with van der Waals surface area (Å²) in [7, 11) is 1.41. The van der Waals surface area contributed by atoms with Crippen molar-refractivity contribution in [3.8, 4) is 0 Å². The van der Waals surface area contributed by atoms with E-state index in [0.29, 0.717) is 19.0 Å². The molecule has 1 atom stereocenters. The van der Waals surface area contributed by atoms with Crippen molar-refractivity contribution >= 4 is 29.0 Å². The Kier molecular flexibility index (Phi) is 5.56. The van der Waals surface area contributed by atoms with E-state index in [1.807, 2.05) is 6.07 Å². The van der Waals surface area contributed by atoms with Gasteiger partial charge >= 0.3 is 5.97 Å². The Hall–Kier alpha value is -1.62. The zero-order chi connectivity index (χ0) is 15.2. The number of methoxy groups -OCH3 is 1. The summed E-state index contributed by atoms with van der Waals surface area (Å²) in [6, 6.07) is 8.78. The number of carbonyl (C=O) groups excluding carboxylic acids is 1. The predicted octanol–water partition coefficient (Wildman–Crippen LogP) is 2.66. The van der Waals surface area contributed by atoms with Crippen molar-refractivity contribution in [3.63, 3.8) is 0 Å². The number of anilines is 1. The van der Waals surface area contributed by atoms with Crippen LogP contribution >= 0.6 is 12.2 Å². The number of nitrogens with one attached hydrogen (secondary N) is 1. The van der Waals surface area contributed by atoms with Crippen molar-refractivity contribution in [2.45, 2.75) is 38.6 Å². The third-order valence-electron chi connectivity index (χ3n) is 3.80. The minimum absolute atomic E-state index is 0.181. The number of nitrogens with zero attached hydrogens (tertiary/aromatic N) is 1. The number of hydrogen-bond donors (Lipinski definition) is 1. The summed E-state index contributed by atoms with van der Waals surface area (Å²) in [6.45, 7) is 2.87. The fourth-order valence-electron chi connectivity index (χ4n) is 2.61. The molecule has 0 aliphatic carbocycles. The van der Waals surface area contributed by atoms with E-state index in [1.165, 1.54) is 18.4 Å².